The molecule has 4 heteroatoms. The van der Waals surface area contributed by atoms with E-state index in [1.165, 1.54) is 0 Å². The zero-order chi connectivity index (χ0) is 11.6. The number of hydrogen-bond acceptors (Lipinski definition) is 3. The van der Waals surface area contributed by atoms with Gasteiger partial charge in [-0.1, -0.05) is 22.0 Å². The van der Waals surface area contributed by atoms with Crippen LogP contribution in [0.1, 0.15) is 25.0 Å². The summed E-state index contributed by atoms with van der Waals surface area (Å²) in [5.41, 5.74) is 7.10. The Morgan fingerprint density at radius 2 is 2.07 bits per heavy atom. The van der Waals surface area contributed by atoms with Crippen molar-refractivity contribution in [3.05, 3.63) is 27.7 Å². The molecule has 0 aromatic heterocycles. The van der Waals surface area contributed by atoms with Crippen LogP contribution in [0.3, 0.4) is 0 Å². The minimum absolute atomic E-state index is 0.558. The minimum atomic E-state index is -0.943. The molecule has 0 amide bonds. The molecule has 1 aromatic rings. The predicted octanol–water partition coefficient (Wildman–Crippen LogP) is 2.31. The molecule has 0 radical (unpaired) electrons. The Kier molecular flexibility index (Phi) is 3.52. The van der Waals surface area contributed by atoms with Crippen LogP contribution in [0.4, 0.5) is 5.69 Å². The number of nitrogens with two attached hydrogens (primary N) is 1. The summed E-state index contributed by atoms with van der Waals surface area (Å²) in [5, 5.41) is 9.91. The van der Waals surface area contributed by atoms with Crippen LogP contribution in [0.2, 0.25) is 0 Å². The van der Waals surface area contributed by atoms with Crippen LogP contribution in [0.5, 0.6) is 0 Å². The number of aliphatic imine (C=N–C) groups is 1. The van der Waals surface area contributed by atoms with Gasteiger partial charge in [0, 0.05) is 34.5 Å². The van der Waals surface area contributed by atoms with Crippen molar-refractivity contribution in [1.29, 1.82) is 0 Å². The van der Waals surface area contributed by atoms with E-state index in [9.17, 15) is 5.11 Å². The Labute approximate surface area is 98.2 Å². The molecule has 0 spiro atoms. The van der Waals surface area contributed by atoms with E-state index in [1.807, 2.05) is 12.1 Å². The van der Waals surface area contributed by atoms with Gasteiger partial charge in [-0.15, -0.1) is 0 Å². The van der Waals surface area contributed by atoms with Crippen LogP contribution in [0.25, 0.3) is 0 Å². The fourth-order valence-electron chi connectivity index (χ4n) is 1.40. The Balaban J connectivity index is 3.41. The lowest BCUT2D eigenvalue weighted by Gasteiger charge is -2.21. The molecule has 0 aliphatic heterocycles. The van der Waals surface area contributed by atoms with Gasteiger partial charge in [-0.2, -0.15) is 0 Å². The zero-order valence-electron chi connectivity index (χ0n) is 9.08. The van der Waals surface area contributed by atoms with E-state index in [2.05, 4.69) is 20.9 Å². The lowest BCUT2D eigenvalue weighted by atomic mass is 9.94. The maximum atomic E-state index is 9.91. The van der Waals surface area contributed by atoms with Crippen molar-refractivity contribution in [3.8, 4) is 0 Å². The summed E-state index contributed by atoms with van der Waals surface area (Å²) in [6, 6.07) is 3.67. The van der Waals surface area contributed by atoms with Crippen molar-refractivity contribution in [2.45, 2.75) is 19.4 Å². The van der Waals surface area contributed by atoms with Gasteiger partial charge < -0.3 is 10.8 Å². The average molecular weight is 271 g/mol. The summed E-state index contributed by atoms with van der Waals surface area (Å²) in [5.74, 6) is 0. The lowest BCUT2D eigenvalue weighted by Crippen LogP contribution is -2.18. The fraction of sp³-hybridized carbons (Fsp3) is 0.364. The minimum Gasteiger partial charge on any atom is -0.398 e. The van der Waals surface area contributed by atoms with Crippen molar-refractivity contribution in [2.24, 2.45) is 4.99 Å². The van der Waals surface area contributed by atoms with Gasteiger partial charge in [0.1, 0.15) is 0 Å². The number of hydrogen-bond donors (Lipinski definition) is 2. The first-order valence-electron chi connectivity index (χ1n) is 4.61. The molecule has 1 aromatic carbocycles. The number of aliphatic hydroxyl groups is 1. The average Bonchev–Trinajstić information content (AvgIpc) is 2.09. The predicted molar refractivity (Wildman–Crippen MR) is 67.3 cm³/mol. The number of benzene rings is 1. The quantitative estimate of drug-likeness (QED) is 0.640. The van der Waals surface area contributed by atoms with Crippen LogP contribution < -0.4 is 5.73 Å². The molecule has 1 rings (SSSR count). The van der Waals surface area contributed by atoms with E-state index in [1.54, 1.807) is 27.1 Å². The highest BCUT2D eigenvalue weighted by molar-refractivity contribution is 9.10. The van der Waals surface area contributed by atoms with E-state index < -0.39 is 5.60 Å². The van der Waals surface area contributed by atoms with Crippen LogP contribution in [0, 0.1) is 0 Å². The van der Waals surface area contributed by atoms with Crippen LogP contribution in [-0.4, -0.2) is 18.4 Å². The highest BCUT2D eigenvalue weighted by Gasteiger charge is 2.21. The van der Waals surface area contributed by atoms with Crippen molar-refractivity contribution < 1.29 is 5.11 Å². The molecule has 0 unspecified atom stereocenters. The Bertz CT molecular complexity index is 394. The van der Waals surface area contributed by atoms with E-state index in [-0.39, 0.29) is 0 Å². The second-order valence-electron chi connectivity index (χ2n) is 3.87. The molecular weight excluding hydrogens is 256 g/mol. The standard InChI is InChI=1S/C11H15BrN2O/c1-11(2,15)8-4-5-9(12)7(6-14-3)10(8)13/h4-6,15H,13H2,1-3H3. The first-order chi connectivity index (χ1) is 6.88. The van der Waals surface area contributed by atoms with Gasteiger partial charge >= 0.3 is 0 Å². The third kappa shape index (κ3) is 2.58. The maximum Gasteiger partial charge on any atom is 0.0860 e. The molecule has 82 valence electrons. The van der Waals surface area contributed by atoms with E-state index in [0.717, 1.165) is 10.0 Å². The van der Waals surface area contributed by atoms with Gasteiger partial charge in [-0.3, -0.25) is 4.99 Å². The first-order valence-corrected chi connectivity index (χ1v) is 5.40. The van der Waals surface area contributed by atoms with Crippen molar-refractivity contribution in [2.75, 3.05) is 12.8 Å². The molecule has 0 atom stereocenters. The molecule has 15 heavy (non-hydrogen) atoms. The Morgan fingerprint density at radius 3 is 2.53 bits per heavy atom. The molecule has 0 fully saturated rings. The van der Waals surface area contributed by atoms with Crippen LogP contribution in [-0.2, 0) is 5.60 Å². The summed E-state index contributed by atoms with van der Waals surface area (Å²) in [6.07, 6.45) is 1.68. The maximum absolute atomic E-state index is 9.91. The second-order valence-corrected chi connectivity index (χ2v) is 4.72. The molecule has 0 aliphatic rings. The summed E-state index contributed by atoms with van der Waals surface area (Å²) in [6.45, 7) is 3.42. The molecule has 0 bridgehead atoms. The monoisotopic (exact) mass is 270 g/mol. The number of nitrogen functional groups attached to an aromatic ring is 1. The Hall–Kier alpha value is -0.870. The number of halogens is 1. The number of rotatable bonds is 2. The third-order valence-electron chi connectivity index (χ3n) is 2.15. The van der Waals surface area contributed by atoms with E-state index >= 15 is 0 Å². The van der Waals surface area contributed by atoms with E-state index in [4.69, 9.17) is 5.73 Å². The Morgan fingerprint density at radius 1 is 1.47 bits per heavy atom. The van der Waals surface area contributed by atoms with Gasteiger partial charge in [0.15, 0.2) is 0 Å². The lowest BCUT2D eigenvalue weighted by molar-refractivity contribution is 0.0794. The molecule has 3 nitrogen and oxygen atoms in total. The molecular formula is C11H15BrN2O. The van der Waals surface area contributed by atoms with Gasteiger partial charge in [0.05, 0.1) is 5.60 Å². The second kappa shape index (κ2) is 4.33. The first kappa shape index (κ1) is 12.2. The SMILES string of the molecule is CN=Cc1c(Br)ccc(C(C)(C)O)c1N. The molecule has 0 aliphatic carbocycles. The van der Waals surface area contributed by atoms with Crippen molar-refractivity contribution in [3.63, 3.8) is 0 Å². The molecule has 3 N–H and O–H groups in total. The smallest absolute Gasteiger partial charge is 0.0860 e. The third-order valence-corrected chi connectivity index (χ3v) is 2.84. The van der Waals surface area contributed by atoms with E-state index in [0.29, 0.717) is 11.3 Å². The molecule has 0 heterocycles. The topological polar surface area (TPSA) is 58.6 Å². The van der Waals surface area contributed by atoms with Crippen molar-refractivity contribution in [1.82, 2.24) is 0 Å². The number of nitrogens with zero attached hydrogens (tertiary/aromatic N) is 1. The fourth-order valence-corrected chi connectivity index (χ4v) is 1.85. The highest BCUT2D eigenvalue weighted by Crippen LogP contribution is 2.31. The van der Waals surface area contributed by atoms with Gasteiger partial charge in [0.2, 0.25) is 0 Å². The van der Waals surface area contributed by atoms with Crippen LogP contribution in [0.15, 0.2) is 21.6 Å². The normalized spacial score (nSPS) is 12.3. The summed E-state index contributed by atoms with van der Waals surface area (Å²) < 4.78 is 0.874. The summed E-state index contributed by atoms with van der Waals surface area (Å²) in [7, 11) is 1.68. The summed E-state index contributed by atoms with van der Waals surface area (Å²) >= 11 is 3.40. The van der Waals surface area contributed by atoms with Gasteiger partial charge in [0.25, 0.3) is 0 Å². The van der Waals surface area contributed by atoms with Gasteiger partial charge in [-0.05, 0) is 19.9 Å². The van der Waals surface area contributed by atoms with Crippen LogP contribution >= 0.6 is 15.9 Å². The van der Waals surface area contributed by atoms with Crippen molar-refractivity contribution >= 4 is 27.8 Å². The number of anilines is 1. The zero-order valence-corrected chi connectivity index (χ0v) is 10.7. The molecule has 0 saturated heterocycles. The highest BCUT2D eigenvalue weighted by atomic mass is 79.9. The van der Waals surface area contributed by atoms with Gasteiger partial charge in [-0.25, -0.2) is 0 Å². The summed E-state index contributed by atoms with van der Waals surface area (Å²) in [4.78, 5) is 3.93. The largest absolute Gasteiger partial charge is 0.398 e. The molecule has 0 saturated carbocycles.